The zero-order valence-corrected chi connectivity index (χ0v) is 7.60. The van der Waals surface area contributed by atoms with E-state index in [0.717, 1.165) is 12.1 Å². The molecule has 0 aliphatic carbocycles. The van der Waals surface area contributed by atoms with Crippen LogP contribution in [0, 0.1) is 10.1 Å². The highest BCUT2D eigenvalue weighted by atomic mass is 19.4. The van der Waals surface area contributed by atoms with Gasteiger partial charge in [0.05, 0.1) is 10.5 Å². The molecule has 0 bridgehead atoms. The van der Waals surface area contributed by atoms with Gasteiger partial charge >= 0.3 is 6.18 Å². The molecule has 0 amide bonds. The van der Waals surface area contributed by atoms with Gasteiger partial charge in [0.15, 0.2) is 5.71 Å². The Balaban J connectivity index is 3.38. The third-order valence-electron chi connectivity index (χ3n) is 1.72. The molecule has 5 nitrogen and oxygen atoms in total. The van der Waals surface area contributed by atoms with Crippen LogP contribution < -0.4 is 0 Å². The second-order valence-electron chi connectivity index (χ2n) is 2.72. The second-order valence-corrected chi connectivity index (χ2v) is 2.72. The molecule has 0 saturated carbocycles. The third kappa shape index (κ3) is 2.27. The second kappa shape index (κ2) is 4.17. The maximum absolute atomic E-state index is 12.3. The van der Waals surface area contributed by atoms with Crippen LogP contribution in [0.4, 0.5) is 18.9 Å². The van der Waals surface area contributed by atoms with E-state index in [1.807, 2.05) is 0 Å². The van der Waals surface area contributed by atoms with Crippen LogP contribution in [0.3, 0.4) is 0 Å². The highest BCUT2D eigenvalue weighted by molar-refractivity contribution is 6.07. The molecule has 0 aliphatic heterocycles. The molecule has 0 heterocycles. The first-order chi connectivity index (χ1) is 7.38. The summed E-state index contributed by atoms with van der Waals surface area (Å²) >= 11 is 0. The molecular formula is C8H5F3N2O3. The Morgan fingerprint density at radius 1 is 1.38 bits per heavy atom. The van der Waals surface area contributed by atoms with Crippen LogP contribution in [0.1, 0.15) is 5.56 Å². The largest absolute Gasteiger partial charge is 0.437 e. The van der Waals surface area contributed by atoms with Gasteiger partial charge in [-0.3, -0.25) is 10.1 Å². The van der Waals surface area contributed by atoms with Gasteiger partial charge in [0.25, 0.3) is 5.69 Å². The van der Waals surface area contributed by atoms with Crippen LogP contribution in [0.25, 0.3) is 0 Å². The zero-order chi connectivity index (χ0) is 12.3. The summed E-state index contributed by atoms with van der Waals surface area (Å²) in [4.78, 5) is 9.49. The number of halogens is 3. The number of rotatable bonds is 2. The molecule has 16 heavy (non-hydrogen) atoms. The third-order valence-corrected chi connectivity index (χ3v) is 1.72. The summed E-state index contributed by atoms with van der Waals surface area (Å²) in [5, 5.41) is 20.8. The van der Waals surface area contributed by atoms with Crippen molar-refractivity contribution in [3.05, 3.63) is 39.9 Å². The maximum atomic E-state index is 12.3. The summed E-state index contributed by atoms with van der Waals surface area (Å²) in [7, 11) is 0. The first-order valence-corrected chi connectivity index (χ1v) is 3.91. The van der Waals surface area contributed by atoms with Crippen LogP contribution in [0.5, 0.6) is 0 Å². The maximum Gasteiger partial charge on any atom is 0.437 e. The molecule has 0 radical (unpaired) electrons. The molecule has 0 unspecified atom stereocenters. The number of hydrogen-bond acceptors (Lipinski definition) is 4. The lowest BCUT2D eigenvalue weighted by molar-refractivity contribution is -0.385. The van der Waals surface area contributed by atoms with Crippen molar-refractivity contribution in [1.29, 1.82) is 0 Å². The van der Waals surface area contributed by atoms with Gasteiger partial charge in [0, 0.05) is 6.07 Å². The molecule has 1 aromatic rings. The van der Waals surface area contributed by atoms with E-state index in [1.165, 1.54) is 12.1 Å². The van der Waals surface area contributed by atoms with Gasteiger partial charge in [-0.2, -0.15) is 13.2 Å². The fourth-order valence-corrected chi connectivity index (χ4v) is 1.10. The molecular weight excluding hydrogens is 229 g/mol. The quantitative estimate of drug-likeness (QED) is 0.369. The van der Waals surface area contributed by atoms with Crippen LogP contribution in [-0.4, -0.2) is 22.0 Å². The van der Waals surface area contributed by atoms with Gasteiger partial charge in [-0.05, 0) is 6.07 Å². The van der Waals surface area contributed by atoms with Crippen LogP contribution >= 0.6 is 0 Å². The molecule has 86 valence electrons. The van der Waals surface area contributed by atoms with E-state index in [0.29, 0.717) is 0 Å². The fourth-order valence-electron chi connectivity index (χ4n) is 1.10. The summed E-state index contributed by atoms with van der Waals surface area (Å²) in [6, 6.07) is 4.15. The summed E-state index contributed by atoms with van der Waals surface area (Å²) < 4.78 is 37.0. The Kier molecular flexibility index (Phi) is 3.11. The molecule has 1 aromatic carbocycles. The van der Waals surface area contributed by atoms with Crippen molar-refractivity contribution in [3.63, 3.8) is 0 Å². The van der Waals surface area contributed by atoms with Gasteiger partial charge < -0.3 is 5.21 Å². The smallest absolute Gasteiger partial charge is 0.410 e. The highest BCUT2D eigenvalue weighted by Gasteiger charge is 2.40. The molecule has 0 aliphatic rings. The fraction of sp³-hybridized carbons (Fsp3) is 0.125. The lowest BCUT2D eigenvalue weighted by Crippen LogP contribution is -2.24. The van der Waals surface area contributed by atoms with E-state index in [4.69, 9.17) is 5.21 Å². The Morgan fingerprint density at radius 2 is 1.94 bits per heavy atom. The summed E-state index contributed by atoms with van der Waals surface area (Å²) in [5.74, 6) is 0. The van der Waals surface area contributed by atoms with Crippen molar-refractivity contribution < 1.29 is 23.3 Å². The predicted molar refractivity (Wildman–Crippen MR) is 47.5 cm³/mol. The zero-order valence-electron chi connectivity index (χ0n) is 7.60. The topological polar surface area (TPSA) is 75.7 Å². The van der Waals surface area contributed by atoms with Crippen molar-refractivity contribution in [2.24, 2.45) is 5.16 Å². The summed E-state index contributed by atoms with van der Waals surface area (Å²) in [6.45, 7) is 0. The summed E-state index contributed by atoms with van der Waals surface area (Å²) in [5.41, 5.74) is -3.24. The minimum atomic E-state index is -4.96. The molecule has 0 saturated heterocycles. The van der Waals surface area contributed by atoms with Crippen molar-refractivity contribution in [2.75, 3.05) is 0 Å². The number of nitro groups is 1. The SMILES string of the molecule is O=[N+]([O-])c1ccccc1/C(=N/O)C(F)(F)F. The van der Waals surface area contributed by atoms with Gasteiger partial charge in [0.1, 0.15) is 0 Å². The number of oxime groups is 1. The van der Waals surface area contributed by atoms with Crippen molar-refractivity contribution in [1.82, 2.24) is 0 Å². The molecule has 1 rings (SSSR count). The minimum Gasteiger partial charge on any atom is -0.410 e. The van der Waals surface area contributed by atoms with Crippen molar-refractivity contribution in [3.8, 4) is 0 Å². The lowest BCUT2D eigenvalue weighted by atomic mass is 10.1. The Bertz CT molecular complexity index is 442. The predicted octanol–water partition coefficient (Wildman–Crippen LogP) is 2.34. The number of alkyl halides is 3. The van der Waals surface area contributed by atoms with Crippen LogP contribution in [-0.2, 0) is 0 Å². The molecule has 0 spiro atoms. The standard InChI is InChI=1S/C8H5F3N2O3/c9-8(10,11)7(12-14)5-3-1-2-4-6(5)13(15)16/h1-4,14H/b12-7-. The van der Waals surface area contributed by atoms with Gasteiger partial charge in [-0.1, -0.05) is 17.3 Å². The minimum absolute atomic E-state index is 0.771. The van der Waals surface area contributed by atoms with E-state index < -0.39 is 28.1 Å². The van der Waals surface area contributed by atoms with Gasteiger partial charge in [0.2, 0.25) is 0 Å². The molecule has 0 fully saturated rings. The van der Waals surface area contributed by atoms with E-state index >= 15 is 0 Å². The average molecular weight is 234 g/mol. The van der Waals surface area contributed by atoms with Gasteiger partial charge in [-0.15, -0.1) is 0 Å². The monoisotopic (exact) mass is 234 g/mol. The highest BCUT2D eigenvalue weighted by Crippen LogP contribution is 2.27. The van der Waals surface area contributed by atoms with Crippen molar-refractivity contribution in [2.45, 2.75) is 6.18 Å². The van der Waals surface area contributed by atoms with E-state index in [1.54, 1.807) is 0 Å². The van der Waals surface area contributed by atoms with Crippen LogP contribution in [0.15, 0.2) is 29.4 Å². The molecule has 1 N–H and O–H groups in total. The molecule has 0 atom stereocenters. The number of para-hydroxylation sites is 1. The average Bonchev–Trinajstić information content (AvgIpc) is 2.17. The number of nitrogens with zero attached hydrogens (tertiary/aromatic N) is 2. The first kappa shape index (κ1) is 12.0. The number of nitro benzene ring substituents is 1. The Hall–Kier alpha value is -2.12. The molecule has 8 heteroatoms. The van der Waals surface area contributed by atoms with Crippen molar-refractivity contribution >= 4 is 11.4 Å². The normalized spacial score (nSPS) is 12.6. The lowest BCUT2D eigenvalue weighted by Gasteiger charge is -2.08. The first-order valence-electron chi connectivity index (χ1n) is 3.91. The molecule has 0 aromatic heterocycles. The summed E-state index contributed by atoms with van der Waals surface area (Å²) in [6.07, 6.45) is -4.96. The Labute approximate surface area is 87.0 Å². The van der Waals surface area contributed by atoms with Gasteiger partial charge in [-0.25, -0.2) is 0 Å². The number of benzene rings is 1. The van der Waals surface area contributed by atoms with E-state index in [9.17, 15) is 23.3 Å². The van der Waals surface area contributed by atoms with Crippen LogP contribution in [0.2, 0.25) is 0 Å². The van der Waals surface area contributed by atoms with E-state index in [-0.39, 0.29) is 0 Å². The Morgan fingerprint density at radius 3 is 2.38 bits per heavy atom. The number of hydrogen-bond donors (Lipinski definition) is 1. The van der Waals surface area contributed by atoms with E-state index in [2.05, 4.69) is 5.16 Å².